The maximum atomic E-state index is 12.7. The van der Waals surface area contributed by atoms with E-state index >= 15 is 0 Å². The fraction of sp³-hybridized carbons (Fsp3) is 0.812. The largest absolute Gasteiger partial charge is 0.368 e. The molecule has 3 rings (SSSR count). The summed E-state index contributed by atoms with van der Waals surface area (Å²) in [5.41, 5.74) is 0. The normalized spacial score (nSPS) is 25.9. The summed E-state index contributed by atoms with van der Waals surface area (Å²) >= 11 is 0. The number of hydrogen-bond donors (Lipinski definition) is 0. The molecule has 6 heteroatoms. The molecule has 22 heavy (non-hydrogen) atoms. The van der Waals surface area contributed by atoms with Gasteiger partial charge < -0.3 is 14.2 Å². The van der Waals surface area contributed by atoms with Gasteiger partial charge in [0, 0.05) is 19.6 Å². The summed E-state index contributed by atoms with van der Waals surface area (Å²) < 4.78 is 11.0. The first-order chi connectivity index (χ1) is 10.6. The first-order valence-electron chi connectivity index (χ1n) is 8.39. The first kappa shape index (κ1) is 15.5. The summed E-state index contributed by atoms with van der Waals surface area (Å²) in [6, 6.07) is -0.0844. The molecule has 2 fully saturated rings. The van der Waals surface area contributed by atoms with E-state index in [2.05, 4.69) is 24.0 Å². The van der Waals surface area contributed by atoms with Crippen LogP contribution in [0.2, 0.25) is 0 Å². The van der Waals surface area contributed by atoms with Crippen molar-refractivity contribution in [3.05, 3.63) is 11.7 Å². The second kappa shape index (κ2) is 6.77. The SMILES string of the molecule is CC(C)Cc1noc([C@@H]2CCCCN2C(=O)[C@H]2CCCO2)n1. The number of rotatable bonds is 4. The lowest BCUT2D eigenvalue weighted by molar-refractivity contribution is -0.145. The summed E-state index contributed by atoms with van der Waals surface area (Å²) in [5, 5.41) is 4.07. The number of carbonyl (C=O) groups excluding carboxylic acids is 1. The molecule has 0 saturated carbocycles. The molecule has 1 aromatic rings. The molecule has 3 heterocycles. The molecule has 0 N–H and O–H groups in total. The molecule has 2 aliphatic heterocycles. The van der Waals surface area contributed by atoms with Crippen LogP contribution < -0.4 is 0 Å². The quantitative estimate of drug-likeness (QED) is 0.855. The molecule has 0 unspecified atom stereocenters. The standard InChI is InChI=1S/C16H25N3O3/c1-11(2)10-14-17-15(22-18-14)12-6-3-4-8-19(12)16(20)13-7-5-9-21-13/h11-13H,3-10H2,1-2H3/t12-,13+/m0/s1. The van der Waals surface area contributed by atoms with Crippen molar-refractivity contribution in [2.45, 2.75) is 64.5 Å². The second-order valence-electron chi connectivity index (χ2n) is 6.69. The zero-order valence-corrected chi connectivity index (χ0v) is 13.5. The van der Waals surface area contributed by atoms with Crippen molar-refractivity contribution in [1.29, 1.82) is 0 Å². The summed E-state index contributed by atoms with van der Waals surface area (Å²) in [5.74, 6) is 1.90. The van der Waals surface area contributed by atoms with Crippen LogP contribution in [0.5, 0.6) is 0 Å². The van der Waals surface area contributed by atoms with E-state index in [1.54, 1.807) is 0 Å². The highest BCUT2D eigenvalue weighted by Crippen LogP contribution is 2.32. The van der Waals surface area contributed by atoms with Gasteiger partial charge in [-0.3, -0.25) is 4.79 Å². The van der Waals surface area contributed by atoms with Gasteiger partial charge in [-0.25, -0.2) is 0 Å². The van der Waals surface area contributed by atoms with E-state index in [4.69, 9.17) is 9.26 Å². The topological polar surface area (TPSA) is 68.5 Å². The highest BCUT2D eigenvalue weighted by atomic mass is 16.5. The van der Waals surface area contributed by atoms with Crippen molar-refractivity contribution in [3.8, 4) is 0 Å². The summed E-state index contributed by atoms with van der Waals surface area (Å²) in [4.78, 5) is 19.1. The Morgan fingerprint density at radius 3 is 2.91 bits per heavy atom. The Labute approximate surface area is 131 Å². The molecule has 1 amide bonds. The van der Waals surface area contributed by atoms with E-state index in [9.17, 15) is 4.79 Å². The molecule has 0 bridgehead atoms. The first-order valence-corrected chi connectivity index (χ1v) is 8.39. The number of ether oxygens (including phenoxy) is 1. The average molecular weight is 307 g/mol. The van der Waals surface area contributed by atoms with Crippen molar-refractivity contribution in [3.63, 3.8) is 0 Å². The molecular formula is C16H25N3O3. The summed E-state index contributed by atoms with van der Waals surface area (Å²) in [6.45, 7) is 5.70. The van der Waals surface area contributed by atoms with Gasteiger partial charge in [-0.1, -0.05) is 19.0 Å². The molecule has 0 aliphatic carbocycles. The number of hydrogen-bond acceptors (Lipinski definition) is 5. The fourth-order valence-corrected chi connectivity index (χ4v) is 3.26. The van der Waals surface area contributed by atoms with Crippen molar-refractivity contribution in [1.82, 2.24) is 15.0 Å². The van der Waals surface area contributed by atoms with E-state index in [1.807, 2.05) is 4.90 Å². The Morgan fingerprint density at radius 1 is 1.32 bits per heavy atom. The molecule has 122 valence electrons. The number of carbonyl (C=O) groups is 1. The molecule has 6 nitrogen and oxygen atoms in total. The van der Waals surface area contributed by atoms with Crippen LogP contribution in [-0.2, 0) is 16.0 Å². The van der Waals surface area contributed by atoms with E-state index < -0.39 is 0 Å². The second-order valence-corrected chi connectivity index (χ2v) is 6.69. The highest BCUT2D eigenvalue weighted by molar-refractivity contribution is 5.81. The van der Waals surface area contributed by atoms with Crippen molar-refractivity contribution < 1.29 is 14.1 Å². The van der Waals surface area contributed by atoms with Gasteiger partial charge in [0.2, 0.25) is 5.89 Å². The van der Waals surface area contributed by atoms with Crippen molar-refractivity contribution >= 4 is 5.91 Å². The molecule has 2 aliphatic rings. The lowest BCUT2D eigenvalue weighted by atomic mass is 10.0. The van der Waals surface area contributed by atoms with Gasteiger partial charge in [0.05, 0.1) is 0 Å². The monoisotopic (exact) mass is 307 g/mol. The lowest BCUT2D eigenvalue weighted by Crippen LogP contribution is -2.44. The Bertz CT molecular complexity index is 508. The molecule has 2 atom stereocenters. The minimum Gasteiger partial charge on any atom is -0.368 e. The number of likely N-dealkylation sites (tertiary alicyclic amines) is 1. The van der Waals surface area contributed by atoms with Crippen LogP contribution in [0, 0.1) is 5.92 Å². The number of nitrogens with zero attached hydrogens (tertiary/aromatic N) is 3. The van der Waals surface area contributed by atoms with E-state index in [0.717, 1.165) is 50.9 Å². The van der Waals surface area contributed by atoms with Gasteiger partial charge in [-0.05, 0) is 38.0 Å². The zero-order valence-electron chi connectivity index (χ0n) is 13.5. The minimum atomic E-state index is -0.279. The molecule has 0 aromatic carbocycles. The van der Waals surface area contributed by atoms with E-state index in [1.165, 1.54) is 0 Å². The molecular weight excluding hydrogens is 282 g/mol. The van der Waals surface area contributed by atoms with Crippen molar-refractivity contribution in [2.24, 2.45) is 5.92 Å². The van der Waals surface area contributed by atoms with Gasteiger partial charge in [0.1, 0.15) is 12.1 Å². The predicted octanol–water partition coefficient (Wildman–Crippen LogP) is 2.50. The minimum absolute atomic E-state index is 0.0844. The van der Waals surface area contributed by atoms with Gasteiger partial charge in [0.25, 0.3) is 5.91 Å². The van der Waals surface area contributed by atoms with Crippen LogP contribution in [0.1, 0.15) is 63.7 Å². The van der Waals surface area contributed by atoms with Gasteiger partial charge >= 0.3 is 0 Å². The zero-order chi connectivity index (χ0) is 15.5. The van der Waals surface area contributed by atoms with Crippen LogP contribution in [0.15, 0.2) is 4.52 Å². The predicted molar refractivity (Wildman–Crippen MR) is 80.1 cm³/mol. The Balaban J connectivity index is 1.74. The number of aromatic nitrogens is 2. The highest BCUT2D eigenvalue weighted by Gasteiger charge is 2.36. The van der Waals surface area contributed by atoms with E-state index in [0.29, 0.717) is 18.4 Å². The number of amides is 1. The Morgan fingerprint density at radius 2 is 2.18 bits per heavy atom. The third-order valence-corrected chi connectivity index (χ3v) is 4.35. The molecule has 0 radical (unpaired) electrons. The van der Waals surface area contributed by atoms with Gasteiger partial charge in [-0.2, -0.15) is 4.98 Å². The maximum absolute atomic E-state index is 12.7. The molecule has 0 spiro atoms. The van der Waals surface area contributed by atoms with Gasteiger partial charge in [-0.15, -0.1) is 0 Å². The van der Waals surface area contributed by atoms with Crippen LogP contribution in [-0.4, -0.2) is 40.2 Å². The maximum Gasteiger partial charge on any atom is 0.252 e. The third-order valence-electron chi connectivity index (χ3n) is 4.35. The van der Waals surface area contributed by atoms with Crippen LogP contribution in [0.3, 0.4) is 0 Å². The Kier molecular flexibility index (Phi) is 4.76. The van der Waals surface area contributed by atoms with Crippen LogP contribution in [0.4, 0.5) is 0 Å². The van der Waals surface area contributed by atoms with Crippen LogP contribution >= 0.6 is 0 Å². The summed E-state index contributed by atoms with van der Waals surface area (Å²) in [7, 11) is 0. The average Bonchev–Trinajstić information content (AvgIpc) is 3.17. The third kappa shape index (κ3) is 3.32. The smallest absolute Gasteiger partial charge is 0.252 e. The summed E-state index contributed by atoms with van der Waals surface area (Å²) in [6.07, 6.45) is 5.32. The lowest BCUT2D eigenvalue weighted by Gasteiger charge is -2.34. The van der Waals surface area contributed by atoms with Crippen molar-refractivity contribution in [2.75, 3.05) is 13.2 Å². The fourth-order valence-electron chi connectivity index (χ4n) is 3.26. The Hall–Kier alpha value is -1.43. The van der Waals surface area contributed by atoms with Gasteiger partial charge in [0.15, 0.2) is 5.82 Å². The number of piperidine rings is 1. The molecule has 1 aromatic heterocycles. The van der Waals surface area contributed by atoms with E-state index in [-0.39, 0.29) is 18.1 Å². The molecule has 2 saturated heterocycles. The van der Waals surface area contributed by atoms with Crippen LogP contribution in [0.25, 0.3) is 0 Å².